The molecule has 3 aromatic carbocycles. The van der Waals surface area contributed by atoms with Crippen molar-refractivity contribution in [1.82, 2.24) is 25.1 Å². The lowest BCUT2D eigenvalue weighted by Gasteiger charge is -2.44. The molecule has 5 rings (SSSR count). The number of carbonyl (C=O) groups excluding carboxylic acids is 2. The van der Waals surface area contributed by atoms with Crippen LogP contribution in [0.25, 0.3) is 11.8 Å². The lowest BCUT2D eigenvalue weighted by Crippen LogP contribution is -2.51. The molecule has 1 atom stereocenters. The fourth-order valence-corrected chi connectivity index (χ4v) is 5.46. The zero-order valence-corrected chi connectivity index (χ0v) is 24.3. The number of nitrogens with zero attached hydrogens (tertiary/aromatic N) is 5. The minimum Gasteiger partial charge on any atom is -0.478 e. The van der Waals surface area contributed by atoms with Crippen LogP contribution in [0.1, 0.15) is 46.9 Å². The smallest absolute Gasteiger partial charge is 0.335 e. The van der Waals surface area contributed by atoms with E-state index in [-0.39, 0.29) is 18.0 Å². The first-order valence-corrected chi connectivity index (χ1v) is 13.7. The van der Waals surface area contributed by atoms with Gasteiger partial charge in [-0.05, 0) is 82.2 Å². The van der Waals surface area contributed by atoms with E-state index in [1.165, 1.54) is 46.3 Å². The molecule has 2 heterocycles. The first kappa shape index (κ1) is 28.2. The van der Waals surface area contributed by atoms with Gasteiger partial charge in [0.05, 0.1) is 11.3 Å². The number of halogens is 2. The molecular weight excluding hydrogens is 612 g/mol. The Morgan fingerprint density at radius 2 is 1.85 bits per heavy atom. The van der Waals surface area contributed by atoms with Crippen LogP contribution >= 0.6 is 27.5 Å². The molecule has 0 saturated heterocycles. The molecule has 1 aromatic heterocycles. The van der Waals surface area contributed by atoms with Crippen LogP contribution in [0.15, 0.2) is 77.5 Å². The molecule has 2 amide bonds. The zero-order chi connectivity index (χ0) is 29.3. The average molecular weight is 636 g/mol. The summed E-state index contributed by atoms with van der Waals surface area (Å²) in [6, 6.07) is 15.7. The molecular formula is C29H24BrClN6O4. The SMILES string of the molecule is CC1(C)CN(C(=O)C=Cc2cc(Cl)ccc2-n2cnnn2)C(C(=O)Nc2ccc(C(=O)O)cc2)c2ccc(Br)cc21. The molecule has 41 heavy (non-hydrogen) atoms. The van der Waals surface area contributed by atoms with Crippen LogP contribution in [0.4, 0.5) is 5.69 Å². The number of anilines is 1. The predicted octanol–water partition coefficient (Wildman–Crippen LogP) is 5.29. The number of fused-ring (bicyclic) bond motifs is 1. The van der Waals surface area contributed by atoms with Crippen LogP contribution in [0.2, 0.25) is 5.02 Å². The molecule has 0 saturated carbocycles. The van der Waals surface area contributed by atoms with Gasteiger partial charge >= 0.3 is 5.97 Å². The van der Waals surface area contributed by atoms with E-state index in [4.69, 9.17) is 11.6 Å². The number of carboxylic acid groups (broad SMARTS) is 1. The Labute approximate surface area is 248 Å². The van der Waals surface area contributed by atoms with Crippen molar-refractivity contribution in [1.29, 1.82) is 0 Å². The Morgan fingerprint density at radius 3 is 2.54 bits per heavy atom. The van der Waals surface area contributed by atoms with E-state index < -0.39 is 23.3 Å². The number of nitrogens with one attached hydrogen (secondary N) is 1. The number of carbonyl (C=O) groups is 3. The van der Waals surface area contributed by atoms with Gasteiger partial charge in [0.25, 0.3) is 5.91 Å². The lowest BCUT2D eigenvalue weighted by atomic mass is 9.75. The Bertz CT molecular complexity index is 1670. The molecule has 2 N–H and O–H groups in total. The van der Waals surface area contributed by atoms with Crippen molar-refractivity contribution in [2.75, 3.05) is 11.9 Å². The van der Waals surface area contributed by atoms with E-state index in [1.54, 1.807) is 24.3 Å². The Morgan fingerprint density at radius 1 is 1.10 bits per heavy atom. The van der Waals surface area contributed by atoms with E-state index in [1.807, 2.05) is 32.0 Å². The van der Waals surface area contributed by atoms with Crippen molar-refractivity contribution in [3.63, 3.8) is 0 Å². The minimum absolute atomic E-state index is 0.0987. The van der Waals surface area contributed by atoms with Gasteiger partial charge in [-0.2, -0.15) is 4.68 Å². The number of benzene rings is 3. The normalized spacial score (nSPS) is 15.9. The van der Waals surface area contributed by atoms with Crippen molar-refractivity contribution >= 4 is 57.1 Å². The van der Waals surface area contributed by atoms with Gasteiger partial charge in [0.15, 0.2) is 0 Å². The molecule has 12 heteroatoms. The number of aromatic carboxylic acids is 1. The van der Waals surface area contributed by atoms with Crippen LogP contribution < -0.4 is 5.32 Å². The maximum atomic E-state index is 13.8. The van der Waals surface area contributed by atoms with Gasteiger partial charge < -0.3 is 15.3 Å². The van der Waals surface area contributed by atoms with Gasteiger partial charge in [-0.1, -0.05) is 47.4 Å². The summed E-state index contributed by atoms with van der Waals surface area (Å²) in [5.74, 6) is -1.87. The highest BCUT2D eigenvalue weighted by Gasteiger charge is 2.42. The third kappa shape index (κ3) is 5.91. The molecule has 0 spiro atoms. The van der Waals surface area contributed by atoms with E-state index in [0.717, 1.165) is 10.0 Å². The Balaban J connectivity index is 1.51. The zero-order valence-electron chi connectivity index (χ0n) is 22.0. The lowest BCUT2D eigenvalue weighted by molar-refractivity contribution is -0.136. The molecule has 208 valence electrons. The van der Waals surface area contributed by atoms with Crippen molar-refractivity contribution in [2.45, 2.75) is 25.3 Å². The number of amides is 2. The van der Waals surface area contributed by atoms with Gasteiger partial charge in [-0.25, -0.2) is 4.79 Å². The van der Waals surface area contributed by atoms with Gasteiger partial charge in [-0.15, -0.1) is 5.10 Å². The maximum absolute atomic E-state index is 13.8. The Hall–Kier alpha value is -4.35. The summed E-state index contributed by atoms with van der Waals surface area (Å²) in [7, 11) is 0. The van der Waals surface area contributed by atoms with Crippen molar-refractivity contribution in [2.24, 2.45) is 0 Å². The maximum Gasteiger partial charge on any atom is 0.335 e. The van der Waals surface area contributed by atoms with Gasteiger partial charge in [0.1, 0.15) is 12.4 Å². The summed E-state index contributed by atoms with van der Waals surface area (Å²) in [4.78, 5) is 40.4. The topological polar surface area (TPSA) is 130 Å². The number of rotatable bonds is 6. The van der Waals surface area contributed by atoms with E-state index in [2.05, 4.69) is 36.8 Å². The Kier molecular flexibility index (Phi) is 7.74. The molecule has 0 fully saturated rings. The van der Waals surface area contributed by atoms with Crippen molar-refractivity contribution in [3.8, 4) is 5.69 Å². The first-order chi connectivity index (χ1) is 19.5. The van der Waals surface area contributed by atoms with Crippen LogP contribution in [-0.2, 0) is 15.0 Å². The summed E-state index contributed by atoms with van der Waals surface area (Å²) in [6.45, 7) is 4.31. The molecule has 0 bridgehead atoms. The third-order valence-corrected chi connectivity index (χ3v) is 7.57. The van der Waals surface area contributed by atoms with Crippen molar-refractivity contribution < 1.29 is 19.5 Å². The van der Waals surface area contributed by atoms with Gasteiger partial charge in [0, 0.05) is 38.8 Å². The highest BCUT2D eigenvalue weighted by molar-refractivity contribution is 9.10. The third-order valence-electron chi connectivity index (χ3n) is 6.84. The summed E-state index contributed by atoms with van der Waals surface area (Å²) in [5, 5.41) is 23.8. The summed E-state index contributed by atoms with van der Waals surface area (Å²) in [5.41, 5.74) is 2.92. The monoisotopic (exact) mass is 634 g/mol. The first-order valence-electron chi connectivity index (χ1n) is 12.5. The highest BCUT2D eigenvalue weighted by Crippen LogP contribution is 2.41. The summed E-state index contributed by atoms with van der Waals surface area (Å²) >= 11 is 9.77. The summed E-state index contributed by atoms with van der Waals surface area (Å²) < 4.78 is 2.33. The second kappa shape index (κ2) is 11.3. The van der Waals surface area contributed by atoms with Crippen LogP contribution in [0.3, 0.4) is 0 Å². The van der Waals surface area contributed by atoms with E-state index in [0.29, 0.717) is 27.5 Å². The number of hydrogen-bond donors (Lipinski definition) is 2. The number of aromatic nitrogens is 4. The predicted molar refractivity (Wildman–Crippen MR) is 157 cm³/mol. The largest absolute Gasteiger partial charge is 0.478 e. The molecule has 4 aromatic rings. The minimum atomic E-state index is -1.07. The van der Waals surface area contributed by atoms with E-state index in [9.17, 15) is 19.5 Å². The highest BCUT2D eigenvalue weighted by atomic mass is 79.9. The fourth-order valence-electron chi connectivity index (χ4n) is 4.91. The van der Waals surface area contributed by atoms with Crippen LogP contribution in [0.5, 0.6) is 0 Å². The second-order valence-corrected chi connectivity index (χ2v) is 11.5. The van der Waals surface area contributed by atoms with Gasteiger partial charge in [0.2, 0.25) is 5.91 Å². The average Bonchev–Trinajstić information content (AvgIpc) is 3.47. The summed E-state index contributed by atoms with van der Waals surface area (Å²) in [6.07, 6.45) is 4.46. The molecule has 0 aliphatic carbocycles. The molecule has 0 radical (unpaired) electrons. The number of hydrogen-bond acceptors (Lipinski definition) is 6. The number of tetrazole rings is 1. The van der Waals surface area contributed by atoms with Crippen LogP contribution in [-0.4, -0.2) is 54.5 Å². The van der Waals surface area contributed by atoms with Gasteiger partial charge in [-0.3, -0.25) is 9.59 Å². The second-order valence-electron chi connectivity index (χ2n) is 10.1. The molecule has 1 unspecified atom stereocenters. The fraction of sp³-hybridized carbons (Fsp3) is 0.172. The quantitative estimate of drug-likeness (QED) is 0.275. The van der Waals surface area contributed by atoms with E-state index >= 15 is 0 Å². The number of carboxylic acids is 1. The molecule has 1 aliphatic heterocycles. The van der Waals surface area contributed by atoms with Crippen molar-refractivity contribution in [3.05, 3.63) is 105 Å². The molecule has 10 nitrogen and oxygen atoms in total. The standard InChI is InChI=1S/C29H24BrClN6O4/c1-29(2)15-36(25(38)12-5-18-13-20(31)7-11-24(18)37-16-32-34-35-37)26(22-10-6-19(30)14-23(22)29)27(39)33-21-8-3-17(4-9-21)28(40)41/h3-14,16,26H,15H2,1-2H3,(H,33,39)(H,40,41). The van der Waals surface area contributed by atoms with Crippen LogP contribution in [0, 0.1) is 0 Å². The molecule has 1 aliphatic rings.